The Labute approximate surface area is 183 Å². The second-order valence-corrected chi connectivity index (χ2v) is 8.22. The maximum absolute atomic E-state index is 14.8. The molecule has 2 aliphatic rings. The topological polar surface area (TPSA) is 49.9 Å². The molecule has 2 atom stereocenters. The van der Waals surface area contributed by atoms with Crippen LogP contribution in [-0.4, -0.2) is 22.6 Å². The molecule has 7 heteroatoms. The van der Waals surface area contributed by atoms with Gasteiger partial charge in [-0.1, -0.05) is 41.9 Å². The number of rotatable bonds is 2. The summed E-state index contributed by atoms with van der Waals surface area (Å²) in [6.07, 6.45) is 0.295. The molecular formula is C24H18ClFN2O3. The summed E-state index contributed by atoms with van der Waals surface area (Å²) in [7, 11) is 0. The summed E-state index contributed by atoms with van der Waals surface area (Å²) in [5, 5.41) is 0.485. The lowest BCUT2D eigenvalue weighted by Gasteiger charge is -2.53. The molecule has 3 aromatic carbocycles. The van der Waals surface area contributed by atoms with E-state index in [4.69, 9.17) is 16.3 Å². The van der Waals surface area contributed by atoms with Gasteiger partial charge in [-0.3, -0.25) is 14.6 Å². The molecule has 2 heterocycles. The second kappa shape index (κ2) is 7.10. The van der Waals surface area contributed by atoms with Gasteiger partial charge in [-0.2, -0.15) is 0 Å². The van der Waals surface area contributed by atoms with Crippen LogP contribution in [0.5, 0.6) is 5.75 Å². The predicted molar refractivity (Wildman–Crippen MR) is 115 cm³/mol. The van der Waals surface area contributed by atoms with Gasteiger partial charge in [0.1, 0.15) is 11.6 Å². The van der Waals surface area contributed by atoms with E-state index in [2.05, 4.69) is 0 Å². The van der Waals surface area contributed by atoms with E-state index in [0.717, 1.165) is 5.56 Å². The third-order valence-corrected chi connectivity index (χ3v) is 6.02. The zero-order valence-corrected chi connectivity index (χ0v) is 17.3. The first-order valence-electron chi connectivity index (χ1n) is 9.85. The highest BCUT2D eigenvalue weighted by atomic mass is 35.5. The molecular weight excluding hydrogens is 419 g/mol. The number of nitrogens with zero attached hydrogens (tertiary/aromatic N) is 2. The van der Waals surface area contributed by atoms with Gasteiger partial charge in [0, 0.05) is 22.6 Å². The van der Waals surface area contributed by atoms with Crippen LogP contribution in [0.3, 0.4) is 0 Å². The molecule has 0 radical (unpaired) electrons. The van der Waals surface area contributed by atoms with E-state index in [1.807, 2.05) is 18.2 Å². The lowest BCUT2D eigenvalue weighted by Crippen LogP contribution is -2.67. The maximum Gasteiger partial charge on any atom is 0.335 e. The Balaban J connectivity index is 1.68. The van der Waals surface area contributed by atoms with Crippen LogP contribution >= 0.6 is 11.6 Å². The number of hydrogen-bond acceptors (Lipinski definition) is 3. The SMILES string of the molecule is C[C@]12C[C@H](c3ccccc3O1)N(C(=O)c1ccc(Cl)cc1)C(=O)N2c1ccccc1F. The van der Waals surface area contributed by atoms with E-state index in [9.17, 15) is 14.0 Å². The van der Waals surface area contributed by atoms with Crippen molar-refractivity contribution in [3.63, 3.8) is 0 Å². The summed E-state index contributed by atoms with van der Waals surface area (Å²) < 4.78 is 21.0. The fraction of sp³-hybridized carbons (Fsp3) is 0.167. The second-order valence-electron chi connectivity index (χ2n) is 7.79. The van der Waals surface area contributed by atoms with Crippen LogP contribution in [0, 0.1) is 5.82 Å². The molecule has 3 amide bonds. The molecule has 2 aliphatic heterocycles. The van der Waals surface area contributed by atoms with Crippen LogP contribution in [0.2, 0.25) is 5.02 Å². The zero-order valence-electron chi connectivity index (χ0n) is 16.6. The number of ether oxygens (including phenoxy) is 1. The van der Waals surface area contributed by atoms with Crippen LogP contribution in [0.4, 0.5) is 14.9 Å². The minimum atomic E-state index is -1.16. The van der Waals surface area contributed by atoms with Gasteiger partial charge in [0.15, 0.2) is 5.72 Å². The molecule has 3 aromatic rings. The van der Waals surface area contributed by atoms with Crippen molar-refractivity contribution in [2.24, 2.45) is 0 Å². The first kappa shape index (κ1) is 19.6. The molecule has 0 saturated carbocycles. The number of hydrogen-bond donors (Lipinski definition) is 0. The summed E-state index contributed by atoms with van der Waals surface area (Å²) in [5.74, 6) is -0.493. The largest absolute Gasteiger partial charge is 0.467 e. The third kappa shape index (κ3) is 3.06. The Bertz CT molecular complexity index is 1200. The van der Waals surface area contributed by atoms with Crippen molar-refractivity contribution in [3.8, 4) is 5.75 Å². The number of amides is 3. The Morgan fingerprint density at radius 1 is 1.06 bits per heavy atom. The average molecular weight is 437 g/mol. The van der Waals surface area contributed by atoms with E-state index in [1.54, 1.807) is 49.4 Å². The Morgan fingerprint density at radius 3 is 2.48 bits per heavy atom. The van der Waals surface area contributed by atoms with Gasteiger partial charge in [-0.05, 0) is 49.4 Å². The molecule has 5 nitrogen and oxygen atoms in total. The highest BCUT2D eigenvalue weighted by Gasteiger charge is 2.55. The number of imide groups is 1. The van der Waals surface area contributed by atoms with Crippen LogP contribution in [0.15, 0.2) is 72.8 Å². The summed E-state index contributed by atoms with van der Waals surface area (Å²) in [4.78, 5) is 29.7. The fourth-order valence-corrected chi connectivity index (χ4v) is 4.48. The van der Waals surface area contributed by atoms with Crippen molar-refractivity contribution in [3.05, 3.63) is 94.8 Å². The number of anilines is 1. The number of carbonyl (C=O) groups is 2. The highest BCUT2D eigenvalue weighted by molar-refractivity contribution is 6.30. The number of halogens is 2. The van der Waals surface area contributed by atoms with Crippen LogP contribution in [-0.2, 0) is 0 Å². The van der Waals surface area contributed by atoms with Gasteiger partial charge in [0.25, 0.3) is 5.91 Å². The normalized spacial score (nSPS) is 22.0. The average Bonchev–Trinajstić information content (AvgIpc) is 2.75. The molecule has 1 fully saturated rings. The molecule has 0 spiro atoms. The van der Waals surface area contributed by atoms with E-state index in [1.165, 1.54) is 21.9 Å². The molecule has 2 bridgehead atoms. The van der Waals surface area contributed by atoms with Crippen molar-refractivity contribution < 1.29 is 18.7 Å². The summed E-state index contributed by atoms with van der Waals surface area (Å²) in [6, 6.07) is 18.4. The maximum atomic E-state index is 14.8. The first-order chi connectivity index (χ1) is 14.9. The molecule has 1 saturated heterocycles. The van der Waals surface area contributed by atoms with E-state index >= 15 is 0 Å². The first-order valence-corrected chi connectivity index (χ1v) is 10.2. The van der Waals surface area contributed by atoms with Crippen molar-refractivity contribution in [2.75, 3.05) is 4.90 Å². The van der Waals surface area contributed by atoms with Crippen LogP contribution < -0.4 is 9.64 Å². The number of fused-ring (bicyclic) bond motifs is 4. The zero-order chi connectivity index (χ0) is 21.8. The highest BCUT2D eigenvalue weighted by Crippen LogP contribution is 2.49. The van der Waals surface area contributed by atoms with E-state index < -0.39 is 29.5 Å². The fourth-order valence-electron chi connectivity index (χ4n) is 4.36. The predicted octanol–water partition coefficient (Wildman–Crippen LogP) is 5.80. The summed E-state index contributed by atoms with van der Waals surface area (Å²) >= 11 is 5.96. The van der Waals surface area contributed by atoms with Crippen molar-refractivity contribution in [1.29, 1.82) is 0 Å². The summed E-state index contributed by atoms with van der Waals surface area (Å²) in [6.45, 7) is 1.74. The van der Waals surface area contributed by atoms with Gasteiger partial charge in [-0.25, -0.2) is 9.18 Å². The van der Waals surface area contributed by atoms with Gasteiger partial charge >= 0.3 is 6.03 Å². The lowest BCUT2D eigenvalue weighted by molar-refractivity contribution is 0.00227. The Hall–Kier alpha value is -3.38. The number of benzene rings is 3. The molecule has 0 unspecified atom stereocenters. The Morgan fingerprint density at radius 2 is 1.74 bits per heavy atom. The molecule has 0 N–H and O–H groups in total. The standard InChI is InChI=1S/C24H18ClFN2O3/c1-24-14-20(17-6-2-5-9-21(17)31-24)27(22(29)15-10-12-16(25)13-11-15)23(30)28(24)19-8-4-3-7-18(19)26/h2-13,20H,14H2,1H3/t20-,24-/m1/s1. The quantitative estimate of drug-likeness (QED) is 0.510. The molecule has 5 rings (SSSR count). The van der Waals surface area contributed by atoms with Crippen molar-refractivity contribution in [2.45, 2.75) is 25.1 Å². The minimum Gasteiger partial charge on any atom is -0.467 e. The van der Waals surface area contributed by atoms with Crippen LogP contribution in [0.25, 0.3) is 0 Å². The third-order valence-electron chi connectivity index (χ3n) is 5.77. The molecule has 0 aromatic heterocycles. The molecule has 31 heavy (non-hydrogen) atoms. The van der Waals surface area contributed by atoms with E-state index in [0.29, 0.717) is 22.8 Å². The van der Waals surface area contributed by atoms with Gasteiger partial charge in [0.05, 0.1) is 11.7 Å². The van der Waals surface area contributed by atoms with Gasteiger partial charge < -0.3 is 4.74 Å². The smallest absolute Gasteiger partial charge is 0.335 e. The molecule has 156 valence electrons. The van der Waals surface area contributed by atoms with Gasteiger partial charge in [-0.15, -0.1) is 0 Å². The Kier molecular flexibility index (Phi) is 4.48. The summed E-state index contributed by atoms with van der Waals surface area (Å²) in [5.41, 5.74) is -0.0425. The number of carbonyl (C=O) groups excluding carboxylic acids is 2. The van der Waals surface area contributed by atoms with Crippen molar-refractivity contribution >= 4 is 29.2 Å². The lowest BCUT2D eigenvalue weighted by atomic mass is 9.88. The van der Waals surface area contributed by atoms with Crippen LogP contribution in [0.1, 0.15) is 35.3 Å². The minimum absolute atomic E-state index is 0.0572. The monoisotopic (exact) mass is 436 g/mol. The van der Waals surface area contributed by atoms with E-state index in [-0.39, 0.29) is 5.69 Å². The number of para-hydroxylation sites is 2. The van der Waals surface area contributed by atoms with Gasteiger partial charge in [0.2, 0.25) is 0 Å². The number of urea groups is 1. The molecule has 0 aliphatic carbocycles. The van der Waals surface area contributed by atoms with Crippen molar-refractivity contribution in [1.82, 2.24) is 4.90 Å².